The molecule has 1 aromatic rings. The van der Waals surface area contributed by atoms with Gasteiger partial charge in [0.2, 0.25) is 0 Å². The fourth-order valence-electron chi connectivity index (χ4n) is 2.32. The van der Waals surface area contributed by atoms with Gasteiger partial charge in [-0.15, -0.1) is 11.3 Å². The number of rotatable bonds is 3. The summed E-state index contributed by atoms with van der Waals surface area (Å²) in [6, 6.07) is 1.89. The molecule has 2 amide bonds. The molecule has 0 aliphatic carbocycles. The molecule has 1 aliphatic rings. The molecule has 20 heavy (non-hydrogen) atoms. The average Bonchev–Trinajstić information content (AvgIpc) is 2.92. The van der Waals surface area contributed by atoms with E-state index in [1.807, 2.05) is 0 Å². The van der Waals surface area contributed by atoms with E-state index < -0.39 is 11.4 Å². The van der Waals surface area contributed by atoms with Crippen molar-refractivity contribution in [2.24, 2.45) is 5.41 Å². The smallest absolute Gasteiger partial charge is 0.317 e. The Bertz CT molecular complexity index is 521. The third-order valence-corrected chi connectivity index (χ3v) is 5.06. The molecule has 0 saturated carbocycles. The van der Waals surface area contributed by atoms with E-state index in [-0.39, 0.29) is 12.6 Å². The molecule has 1 unspecified atom stereocenters. The predicted molar refractivity (Wildman–Crippen MR) is 78.0 cm³/mol. The first-order chi connectivity index (χ1) is 9.32. The zero-order valence-corrected chi connectivity index (χ0v) is 12.8. The van der Waals surface area contributed by atoms with Crippen LogP contribution in [0.4, 0.5) is 4.79 Å². The van der Waals surface area contributed by atoms with Crippen LogP contribution in [0.2, 0.25) is 0 Å². The van der Waals surface area contributed by atoms with E-state index in [0.29, 0.717) is 19.5 Å². The maximum absolute atomic E-state index is 12.0. The summed E-state index contributed by atoms with van der Waals surface area (Å²) in [5.41, 5.74) is 0.423. The zero-order chi connectivity index (χ0) is 14.9. The second kappa shape index (κ2) is 5.44. The van der Waals surface area contributed by atoms with Crippen LogP contribution < -0.4 is 5.32 Å². The van der Waals surface area contributed by atoms with Crippen LogP contribution >= 0.6 is 11.3 Å². The minimum absolute atomic E-state index is 0.182. The van der Waals surface area contributed by atoms with E-state index in [1.165, 1.54) is 10.4 Å². The molecule has 1 fully saturated rings. The molecule has 0 radical (unpaired) electrons. The summed E-state index contributed by atoms with van der Waals surface area (Å²) in [7, 11) is 0. The third-order valence-electron chi connectivity index (χ3n) is 3.91. The van der Waals surface area contributed by atoms with E-state index in [0.717, 1.165) is 4.88 Å². The molecule has 0 bridgehead atoms. The van der Waals surface area contributed by atoms with Crippen molar-refractivity contribution >= 4 is 23.3 Å². The lowest BCUT2D eigenvalue weighted by Crippen LogP contribution is -2.40. The Hall–Kier alpha value is -1.56. The summed E-state index contributed by atoms with van der Waals surface area (Å²) in [5.74, 6) is -0.836. The molecule has 2 N–H and O–H groups in total. The van der Waals surface area contributed by atoms with E-state index in [4.69, 9.17) is 5.11 Å². The van der Waals surface area contributed by atoms with Crippen LogP contribution in [-0.4, -0.2) is 35.1 Å². The molecular weight excluding hydrogens is 276 g/mol. The van der Waals surface area contributed by atoms with Crippen LogP contribution in [0.25, 0.3) is 0 Å². The standard InChI is InChI=1S/C14H20N2O3S/c1-9-6-11(20-10(9)2)7-15-13(19)16-5-4-14(3,8-16)12(17)18/h6H,4-5,7-8H2,1-3H3,(H,15,19)(H,17,18). The number of carbonyl (C=O) groups is 2. The number of likely N-dealkylation sites (tertiary alicyclic amines) is 1. The first-order valence-electron chi connectivity index (χ1n) is 6.64. The van der Waals surface area contributed by atoms with Gasteiger partial charge in [0.25, 0.3) is 0 Å². The van der Waals surface area contributed by atoms with Gasteiger partial charge in [-0.05, 0) is 38.8 Å². The molecule has 1 aromatic heterocycles. The van der Waals surface area contributed by atoms with Gasteiger partial charge in [-0.1, -0.05) is 0 Å². The maximum atomic E-state index is 12.0. The highest BCUT2D eigenvalue weighted by Crippen LogP contribution is 2.30. The summed E-state index contributed by atoms with van der Waals surface area (Å²) in [4.78, 5) is 27.2. The predicted octanol–water partition coefficient (Wildman–Crippen LogP) is 2.37. The monoisotopic (exact) mass is 296 g/mol. The van der Waals surface area contributed by atoms with Crippen molar-refractivity contribution in [3.63, 3.8) is 0 Å². The Kier molecular flexibility index (Phi) is 4.04. The van der Waals surface area contributed by atoms with Gasteiger partial charge in [-0.2, -0.15) is 0 Å². The molecule has 1 aliphatic heterocycles. The van der Waals surface area contributed by atoms with Gasteiger partial charge in [0.15, 0.2) is 0 Å². The van der Waals surface area contributed by atoms with Crippen molar-refractivity contribution in [3.8, 4) is 0 Å². The molecular formula is C14H20N2O3S. The fraction of sp³-hybridized carbons (Fsp3) is 0.571. The van der Waals surface area contributed by atoms with Gasteiger partial charge in [0.1, 0.15) is 0 Å². The SMILES string of the molecule is Cc1cc(CNC(=O)N2CCC(C)(C(=O)O)C2)sc1C. The summed E-state index contributed by atoms with van der Waals surface area (Å²) < 4.78 is 0. The molecule has 0 spiro atoms. The average molecular weight is 296 g/mol. The Morgan fingerprint density at radius 2 is 2.20 bits per heavy atom. The highest BCUT2D eigenvalue weighted by atomic mass is 32.1. The Labute approximate surface area is 122 Å². The first-order valence-corrected chi connectivity index (χ1v) is 7.45. The lowest BCUT2D eigenvalue weighted by Gasteiger charge is -2.20. The van der Waals surface area contributed by atoms with E-state index in [1.54, 1.807) is 23.2 Å². The summed E-state index contributed by atoms with van der Waals surface area (Å²) >= 11 is 1.68. The quantitative estimate of drug-likeness (QED) is 0.899. The molecule has 110 valence electrons. The van der Waals surface area contributed by atoms with Gasteiger partial charge in [-0.25, -0.2) is 4.79 Å². The van der Waals surface area contributed by atoms with Gasteiger partial charge in [0, 0.05) is 22.8 Å². The number of nitrogens with one attached hydrogen (secondary N) is 1. The fourth-order valence-corrected chi connectivity index (χ4v) is 3.31. The molecule has 1 atom stereocenters. The van der Waals surface area contributed by atoms with Crippen LogP contribution in [0, 0.1) is 19.3 Å². The Morgan fingerprint density at radius 3 is 2.70 bits per heavy atom. The molecule has 6 heteroatoms. The zero-order valence-electron chi connectivity index (χ0n) is 12.0. The van der Waals surface area contributed by atoms with E-state index >= 15 is 0 Å². The molecule has 2 heterocycles. The summed E-state index contributed by atoms with van der Waals surface area (Å²) in [6.45, 7) is 7.07. The summed E-state index contributed by atoms with van der Waals surface area (Å²) in [5, 5.41) is 12.0. The van der Waals surface area contributed by atoms with Crippen molar-refractivity contribution in [2.75, 3.05) is 13.1 Å². The minimum atomic E-state index is -0.836. The first kappa shape index (κ1) is 14.8. The van der Waals surface area contributed by atoms with Crippen molar-refractivity contribution < 1.29 is 14.7 Å². The van der Waals surface area contributed by atoms with Gasteiger partial charge < -0.3 is 15.3 Å². The summed E-state index contributed by atoms with van der Waals surface area (Å²) in [6.07, 6.45) is 0.507. The van der Waals surface area contributed by atoms with Crippen molar-refractivity contribution in [1.82, 2.24) is 10.2 Å². The van der Waals surface area contributed by atoms with Gasteiger partial charge >= 0.3 is 12.0 Å². The van der Waals surface area contributed by atoms with E-state index in [9.17, 15) is 9.59 Å². The van der Waals surface area contributed by atoms with Crippen LogP contribution in [0.15, 0.2) is 6.07 Å². The van der Waals surface area contributed by atoms with Gasteiger partial charge in [0.05, 0.1) is 12.0 Å². The van der Waals surface area contributed by atoms with Crippen molar-refractivity contribution in [1.29, 1.82) is 0 Å². The number of hydrogen-bond donors (Lipinski definition) is 2. The van der Waals surface area contributed by atoms with Crippen LogP contribution in [-0.2, 0) is 11.3 Å². The molecule has 2 rings (SSSR count). The molecule has 1 saturated heterocycles. The molecule has 5 nitrogen and oxygen atoms in total. The van der Waals surface area contributed by atoms with Crippen molar-refractivity contribution in [3.05, 3.63) is 21.4 Å². The highest BCUT2D eigenvalue weighted by Gasteiger charge is 2.42. The van der Waals surface area contributed by atoms with Gasteiger partial charge in [-0.3, -0.25) is 4.79 Å². The largest absolute Gasteiger partial charge is 0.481 e. The third kappa shape index (κ3) is 2.95. The second-order valence-electron chi connectivity index (χ2n) is 5.65. The number of amides is 2. The number of hydrogen-bond acceptors (Lipinski definition) is 3. The Morgan fingerprint density at radius 1 is 1.50 bits per heavy atom. The number of urea groups is 1. The highest BCUT2D eigenvalue weighted by molar-refractivity contribution is 7.12. The van der Waals surface area contributed by atoms with Crippen LogP contribution in [0.3, 0.4) is 0 Å². The number of thiophene rings is 1. The minimum Gasteiger partial charge on any atom is -0.481 e. The molecule has 0 aromatic carbocycles. The second-order valence-corrected chi connectivity index (χ2v) is 6.99. The lowest BCUT2D eigenvalue weighted by atomic mass is 9.90. The number of carboxylic acid groups (broad SMARTS) is 1. The maximum Gasteiger partial charge on any atom is 0.317 e. The topological polar surface area (TPSA) is 69.6 Å². The number of carboxylic acids is 1. The number of carbonyl (C=O) groups excluding carboxylic acids is 1. The lowest BCUT2D eigenvalue weighted by molar-refractivity contribution is -0.146. The van der Waals surface area contributed by atoms with Crippen LogP contribution in [0.5, 0.6) is 0 Å². The van der Waals surface area contributed by atoms with E-state index in [2.05, 4.69) is 25.2 Å². The number of aliphatic carboxylic acids is 1. The normalized spacial score (nSPS) is 22.1. The number of aryl methyl sites for hydroxylation is 2. The van der Waals surface area contributed by atoms with Crippen LogP contribution in [0.1, 0.15) is 28.7 Å². The Balaban J connectivity index is 1.89. The number of nitrogens with zero attached hydrogens (tertiary/aromatic N) is 1. The van der Waals surface area contributed by atoms with Crippen molar-refractivity contribution in [2.45, 2.75) is 33.7 Å².